The van der Waals surface area contributed by atoms with Gasteiger partial charge in [-0.25, -0.2) is 0 Å². The molecule has 1 aromatic carbocycles. The summed E-state index contributed by atoms with van der Waals surface area (Å²) in [6, 6.07) is 1.19. The molecule has 2 aliphatic rings. The summed E-state index contributed by atoms with van der Waals surface area (Å²) in [4.78, 5) is 24.4. The number of aliphatic hydroxyl groups is 1. The number of nitrogens with one attached hydrogen (secondary N) is 1. The lowest BCUT2D eigenvalue weighted by Gasteiger charge is -2.34. The molecule has 1 saturated heterocycles. The first-order valence-electron chi connectivity index (χ1n) is 9.95. The van der Waals surface area contributed by atoms with Crippen LogP contribution in [0.4, 0.5) is 17.1 Å². The fourth-order valence-electron chi connectivity index (χ4n) is 4.51. The van der Waals surface area contributed by atoms with E-state index >= 15 is 0 Å². The van der Waals surface area contributed by atoms with Gasteiger partial charge in [-0.2, -0.15) is 0 Å². The second-order valence-corrected chi connectivity index (χ2v) is 7.95. The largest absolute Gasteiger partial charge is 0.392 e. The van der Waals surface area contributed by atoms with Crippen molar-refractivity contribution in [3.05, 3.63) is 37.4 Å². The van der Waals surface area contributed by atoms with Gasteiger partial charge in [0, 0.05) is 37.3 Å². The number of piperidine rings is 1. The van der Waals surface area contributed by atoms with Gasteiger partial charge in [0.2, 0.25) is 0 Å². The zero-order chi connectivity index (χ0) is 20.3. The molecule has 0 atom stereocenters. The van der Waals surface area contributed by atoms with Gasteiger partial charge in [-0.3, -0.25) is 20.2 Å². The number of likely N-dealkylation sites (tertiary alicyclic amines) is 1. The first-order valence-corrected chi connectivity index (χ1v) is 9.95. The van der Waals surface area contributed by atoms with Gasteiger partial charge in [-0.05, 0) is 44.1 Å². The van der Waals surface area contributed by atoms with Crippen LogP contribution in [0, 0.1) is 33.1 Å². The minimum Gasteiger partial charge on any atom is -0.392 e. The van der Waals surface area contributed by atoms with Gasteiger partial charge in [0.1, 0.15) is 0 Å². The fourth-order valence-corrected chi connectivity index (χ4v) is 4.51. The van der Waals surface area contributed by atoms with Crippen LogP contribution in [0.5, 0.6) is 0 Å². The van der Waals surface area contributed by atoms with Gasteiger partial charge in [-0.1, -0.05) is 12.8 Å². The number of nitro benzene ring substituents is 2. The van der Waals surface area contributed by atoms with Crippen LogP contribution in [-0.2, 0) is 6.61 Å². The third kappa shape index (κ3) is 4.41. The summed E-state index contributed by atoms with van der Waals surface area (Å²) in [7, 11) is 0. The predicted molar refractivity (Wildman–Crippen MR) is 105 cm³/mol. The van der Waals surface area contributed by atoms with Crippen molar-refractivity contribution < 1.29 is 15.0 Å². The Hall–Kier alpha value is -2.26. The standard InChI is InChI=1S/C19H28N4O5/c1-13-15(12-24)10-17(22(25)26)18(19(13)23(27)28)20-16-6-8-21(9-7-16)11-14-4-2-3-5-14/h10,14,16,20,24H,2-9,11-12H2,1H3. The molecule has 0 amide bonds. The molecule has 2 fully saturated rings. The van der Waals surface area contributed by atoms with Crippen LogP contribution in [-0.4, -0.2) is 45.5 Å². The summed E-state index contributed by atoms with van der Waals surface area (Å²) in [5.74, 6) is 0.778. The Labute approximate surface area is 164 Å². The highest BCUT2D eigenvalue weighted by molar-refractivity contribution is 5.78. The topological polar surface area (TPSA) is 122 Å². The van der Waals surface area contributed by atoms with Crippen LogP contribution < -0.4 is 5.32 Å². The maximum absolute atomic E-state index is 11.6. The van der Waals surface area contributed by atoms with Crippen LogP contribution in [0.2, 0.25) is 0 Å². The maximum Gasteiger partial charge on any atom is 0.302 e. The van der Waals surface area contributed by atoms with Crippen LogP contribution in [0.1, 0.15) is 49.7 Å². The van der Waals surface area contributed by atoms with Crippen molar-refractivity contribution in [1.29, 1.82) is 0 Å². The molecule has 9 nitrogen and oxygen atoms in total. The van der Waals surface area contributed by atoms with Crippen molar-refractivity contribution in [2.45, 2.75) is 58.1 Å². The van der Waals surface area contributed by atoms with Crippen molar-refractivity contribution in [2.24, 2.45) is 5.92 Å². The zero-order valence-electron chi connectivity index (χ0n) is 16.2. The minimum absolute atomic E-state index is 0.0426. The van der Waals surface area contributed by atoms with E-state index in [2.05, 4.69) is 10.2 Å². The Morgan fingerprint density at radius 2 is 1.79 bits per heavy atom. The predicted octanol–water partition coefficient (Wildman–Crippen LogP) is 3.37. The first-order chi connectivity index (χ1) is 13.4. The summed E-state index contributed by atoms with van der Waals surface area (Å²) in [5.41, 5.74) is -0.241. The molecule has 0 unspecified atom stereocenters. The third-order valence-electron chi connectivity index (χ3n) is 6.12. The number of benzene rings is 1. The van der Waals surface area contributed by atoms with Gasteiger partial charge in [0.05, 0.1) is 16.5 Å². The van der Waals surface area contributed by atoms with E-state index < -0.39 is 16.5 Å². The highest BCUT2D eigenvalue weighted by atomic mass is 16.6. The second kappa shape index (κ2) is 8.83. The molecule has 0 bridgehead atoms. The molecule has 1 aliphatic carbocycles. The Balaban J connectivity index is 1.75. The summed E-state index contributed by atoms with van der Waals surface area (Å²) >= 11 is 0. The van der Waals surface area contributed by atoms with Crippen LogP contribution >= 0.6 is 0 Å². The fraction of sp³-hybridized carbons (Fsp3) is 0.684. The molecule has 1 saturated carbocycles. The smallest absolute Gasteiger partial charge is 0.302 e. The number of hydrogen-bond donors (Lipinski definition) is 2. The normalized spacial score (nSPS) is 19.1. The van der Waals surface area contributed by atoms with E-state index in [1.54, 1.807) is 0 Å². The summed E-state index contributed by atoms with van der Waals surface area (Å²) in [5, 5.41) is 35.7. The maximum atomic E-state index is 11.6. The van der Waals surface area contributed by atoms with Gasteiger partial charge < -0.3 is 15.3 Å². The molecule has 1 heterocycles. The van der Waals surface area contributed by atoms with E-state index in [0.717, 1.165) is 38.4 Å². The number of anilines is 1. The molecule has 154 valence electrons. The Morgan fingerprint density at radius 1 is 1.14 bits per heavy atom. The van der Waals surface area contributed by atoms with Crippen molar-refractivity contribution in [1.82, 2.24) is 4.90 Å². The average molecular weight is 392 g/mol. The lowest BCUT2D eigenvalue weighted by molar-refractivity contribution is -0.392. The molecule has 0 aromatic heterocycles. The van der Waals surface area contributed by atoms with E-state index in [9.17, 15) is 25.3 Å². The van der Waals surface area contributed by atoms with E-state index in [-0.39, 0.29) is 34.2 Å². The van der Waals surface area contributed by atoms with Crippen molar-refractivity contribution in [3.8, 4) is 0 Å². The molecule has 0 radical (unpaired) electrons. The molecular formula is C19H28N4O5. The van der Waals surface area contributed by atoms with Crippen molar-refractivity contribution >= 4 is 17.1 Å². The lowest BCUT2D eigenvalue weighted by Crippen LogP contribution is -2.41. The summed E-state index contributed by atoms with van der Waals surface area (Å²) in [6.45, 7) is 3.93. The highest BCUT2D eigenvalue weighted by Gasteiger charge is 2.32. The molecule has 1 aliphatic heterocycles. The number of nitro groups is 2. The Morgan fingerprint density at radius 3 is 2.32 bits per heavy atom. The molecular weight excluding hydrogens is 364 g/mol. The average Bonchev–Trinajstić information content (AvgIpc) is 3.16. The number of rotatable bonds is 7. The van der Waals surface area contributed by atoms with Gasteiger partial charge >= 0.3 is 5.69 Å². The molecule has 9 heteroatoms. The van der Waals surface area contributed by atoms with E-state index in [4.69, 9.17) is 0 Å². The highest BCUT2D eigenvalue weighted by Crippen LogP contribution is 2.40. The molecule has 2 N–H and O–H groups in total. The molecule has 1 aromatic rings. The quantitative estimate of drug-likeness (QED) is 0.539. The van der Waals surface area contributed by atoms with Gasteiger partial charge in [0.15, 0.2) is 5.69 Å². The summed E-state index contributed by atoms with van der Waals surface area (Å²) < 4.78 is 0. The van der Waals surface area contributed by atoms with Gasteiger partial charge in [-0.15, -0.1) is 0 Å². The number of aliphatic hydroxyl groups excluding tert-OH is 1. The summed E-state index contributed by atoms with van der Waals surface area (Å²) in [6.07, 6.45) is 6.82. The lowest BCUT2D eigenvalue weighted by atomic mass is 9.99. The zero-order valence-corrected chi connectivity index (χ0v) is 16.2. The Kier molecular flexibility index (Phi) is 6.46. The van der Waals surface area contributed by atoms with E-state index in [0.29, 0.717) is 0 Å². The molecule has 28 heavy (non-hydrogen) atoms. The van der Waals surface area contributed by atoms with Gasteiger partial charge in [0.25, 0.3) is 5.69 Å². The second-order valence-electron chi connectivity index (χ2n) is 7.95. The van der Waals surface area contributed by atoms with E-state index in [1.807, 2.05) is 0 Å². The minimum atomic E-state index is -0.622. The number of hydrogen-bond acceptors (Lipinski definition) is 7. The monoisotopic (exact) mass is 392 g/mol. The first kappa shape index (κ1) is 20.5. The van der Waals surface area contributed by atoms with Crippen LogP contribution in [0.25, 0.3) is 0 Å². The van der Waals surface area contributed by atoms with E-state index in [1.165, 1.54) is 38.7 Å². The van der Waals surface area contributed by atoms with Crippen LogP contribution in [0.3, 0.4) is 0 Å². The third-order valence-corrected chi connectivity index (χ3v) is 6.12. The van der Waals surface area contributed by atoms with Crippen LogP contribution in [0.15, 0.2) is 6.07 Å². The van der Waals surface area contributed by atoms with Crippen molar-refractivity contribution in [3.63, 3.8) is 0 Å². The molecule has 3 rings (SSSR count). The number of nitrogens with zero attached hydrogens (tertiary/aromatic N) is 3. The Bertz CT molecular complexity index is 740. The van der Waals surface area contributed by atoms with Crippen molar-refractivity contribution in [2.75, 3.05) is 25.0 Å². The molecule has 0 spiro atoms. The SMILES string of the molecule is Cc1c(CO)cc([N+](=O)[O-])c(NC2CCN(CC3CCCC3)CC2)c1[N+](=O)[O-].